The molecule has 1 saturated heterocycles. The van der Waals surface area contributed by atoms with Gasteiger partial charge in [-0.05, 0) is 23.8 Å². The first-order valence-electron chi connectivity index (χ1n) is 8.90. The van der Waals surface area contributed by atoms with Gasteiger partial charge in [-0.15, -0.1) is 0 Å². The number of nitro groups is 1. The zero-order valence-electron chi connectivity index (χ0n) is 15.7. The Morgan fingerprint density at radius 1 is 1.21 bits per heavy atom. The molecule has 0 unspecified atom stereocenters. The third-order valence-electron chi connectivity index (χ3n) is 4.77. The lowest BCUT2D eigenvalue weighted by Crippen LogP contribution is -2.49. The summed E-state index contributed by atoms with van der Waals surface area (Å²) in [7, 11) is 1.21. The van der Waals surface area contributed by atoms with Crippen molar-refractivity contribution in [3.05, 3.63) is 69.3 Å². The molecule has 1 fully saturated rings. The second-order valence-corrected chi connectivity index (χ2v) is 6.71. The summed E-state index contributed by atoms with van der Waals surface area (Å²) in [6.45, 7) is 1.54. The number of hydrogen-bond donors (Lipinski definition) is 1. The Hall–Kier alpha value is -3.46. The fourth-order valence-corrected chi connectivity index (χ4v) is 3.16. The number of carboxylic acids is 1. The van der Waals surface area contributed by atoms with Crippen molar-refractivity contribution in [2.24, 2.45) is 5.92 Å². The maximum absolute atomic E-state index is 11.9. The van der Waals surface area contributed by atoms with Gasteiger partial charge < -0.3 is 14.6 Å². The summed E-state index contributed by atoms with van der Waals surface area (Å²) in [4.78, 5) is 35.5. The number of benzene rings is 2. The molecule has 3 rings (SSSR count). The van der Waals surface area contributed by atoms with Crippen molar-refractivity contribution < 1.29 is 29.1 Å². The van der Waals surface area contributed by atoms with E-state index >= 15 is 0 Å². The zero-order chi connectivity index (χ0) is 21.0. The summed E-state index contributed by atoms with van der Waals surface area (Å²) < 4.78 is 10.4. The van der Waals surface area contributed by atoms with Crippen LogP contribution in [0, 0.1) is 16.0 Å². The van der Waals surface area contributed by atoms with Gasteiger partial charge in [0.2, 0.25) is 0 Å². The molecule has 0 aliphatic carbocycles. The number of carbonyl (C=O) groups excluding carboxylic acids is 1. The molecule has 152 valence electrons. The molecule has 0 aromatic heterocycles. The molecule has 1 aliphatic rings. The van der Waals surface area contributed by atoms with E-state index in [9.17, 15) is 19.7 Å². The minimum atomic E-state index is -0.772. The summed E-state index contributed by atoms with van der Waals surface area (Å²) in [5, 5.41) is 20.2. The van der Waals surface area contributed by atoms with E-state index < -0.39 is 16.9 Å². The van der Waals surface area contributed by atoms with Crippen molar-refractivity contribution >= 4 is 17.6 Å². The smallest absolute Gasteiger partial charge is 0.338 e. The standard InChI is InChI=1S/C20H20N2O7/c1-28-20(25)16-3-2-4-18(22(26)27)17(16)12-29-15-7-5-13(6-8-15)9-21-10-14(11-21)19(23)24/h2-8,14H,9-12H2,1H3,(H,23,24). The van der Waals surface area contributed by atoms with Crippen LogP contribution in [0.2, 0.25) is 0 Å². The summed E-state index contributed by atoms with van der Waals surface area (Å²) in [6.07, 6.45) is 0. The van der Waals surface area contributed by atoms with Crippen LogP contribution < -0.4 is 4.74 Å². The number of aliphatic carboxylic acids is 1. The summed E-state index contributed by atoms with van der Waals surface area (Å²) >= 11 is 0. The number of esters is 1. The van der Waals surface area contributed by atoms with Gasteiger partial charge in [-0.25, -0.2) is 4.79 Å². The highest BCUT2D eigenvalue weighted by molar-refractivity contribution is 5.92. The van der Waals surface area contributed by atoms with Crippen LogP contribution in [0.1, 0.15) is 21.5 Å². The average molecular weight is 400 g/mol. The van der Waals surface area contributed by atoms with Gasteiger partial charge in [0.25, 0.3) is 5.69 Å². The number of ether oxygens (including phenoxy) is 2. The fourth-order valence-electron chi connectivity index (χ4n) is 3.16. The summed E-state index contributed by atoms with van der Waals surface area (Å²) in [5.41, 5.74) is 1.02. The van der Waals surface area contributed by atoms with Gasteiger partial charge in [-0.1, -0.05) is 18.2 Å². The highest BCUT2D eigenvalue weighted by Gasteiger charge is 2.32. The molecule has 0 spiro atoms. The van der Waals surface area contributed by atoms with Gasteiger partial charge >= 0.3 is 11.9 Å². The van der Waals surface area contributed by atoms with E-state index in [1.165, 1.54) is 25.3 Å². The van der Waals surface area contributed by atoms with Gasteiger partial charge in [-0.2, -0.15) is 0 Å². The summed E-state index contributed by atoms with van der Waals surface area (Å²) in [6, 6.07) is 11.4. The minimum absolute atomic E-state index is 0.0871. The van der Waals surface area contributed by atoms with Gasteiger partial charge in [0.05, 0.1) is 29.1 Å². The number of hydrogen-bond acceptors (Lipinski definition) is 7. The molecule has 2 aromatic carbocycles. The van der Waals surface area contributed by atoms with Crippen molar-refractivity contribution in [2.75, 3.05) is 20.2 Å². The number of nitro benzene ring substituents is 1. The molecular weight excluding hydrogens is 380 g/mol. The van der Waals surface area contributed by atoms with Crippen LogP contribution in [0.5, 0.6) is 5.75 Å². The monoisotopic (exact) mass is 400 g/mol. The first-order chi connectivity index (χ1) is 13.9. The van der Waals surface area contributed by atoms with Crippen molar-refractivity contribution in [1.29, 1.82) is 0 Å². The number of rotatable bonds is 8. The Balaban J connectivity index is 1.65. The lowest BCUT2D eigenvalue weighted by Gasteiger charge is -2.36. The normalized spacial score (nSPS) is 14.1. The van der Waals surface area contributed by atoms with E-state index in [4.69, 9.17) is 14.6 Å². The molecule has 0 atom stereocenters. The Morgan fingerprint density at radius 2 is 1.90 bits per heavy atom. The third kappa shape index (κ3) is 4.69. The molecule has 0 bridgehead atoms. The quantitative estimate of drug-likeness (QED) is 0.408. The van der Waals surface area contributed by atoms with Gasteiger partial charge in [0, 0.05) is 25.7 Å². The molecular formula is C20H20N2O7. The lowest BCUT2D eigenvalue weighted by molar-refractivity contribution is -0.385. The van der Waals surface area contributed by atoms with Crippen molar-refractivity contribution in [1.82, 2.24) is 4.90 Å². The number of methoxy groups -OCH3 is 1. The lowest BCUT2D eigenvalue weighted by atomic mass is 10.00. The van der Waals surface area contributed by atoms with E-state index in [1.54, 1.807) is 12.1 Å². The number of carbonyl (C=O) groups is 2. The van der Waals surface area contributed by atoms with Crippen LogP contribution in [-0.4, -0.2) is 47.1 Å². The molecule has 0 radical (unpaired) electrons. The Kier molecular flexibility index (Phi) is 6.08. The number of likely N-dealkylation sites (tertiary alicyclic amines) is 1. The second kappa shape index (κ2) is 8.70. The Morgan fingerprint density at radius 3 is 2.48 bits per heavy atom. The van der Waals surface area contributed by atoms with Crippen LogP contribution in [0.3, 0.4) is 0 Å². The minimum Gasteiger partial charge on any atom is -0.489 e. The van der Waals surface area contributed by atoms with E-state index in [1.807, 2.05) is 17.0 Å². The first kappa shape index (κ1) is 20.3. The molecule has 1 aliphatic heterocycles. The van der Waals surface area contributed by atoms with Gasteiger partial charge in [0.15, 0.2) is 0 Å². The van der Waals surface area contributed by atoms with Crippen molar-refractivity contribution in [3.63, 3.8) is 0 Å². The number of nitrogens with zero attached hydrogens (tertiary/aromatic N) is 2. The SMILES string of the molecule is COC(=O)c1cccc([N+](=O)[O-])c1COc1ccc(CN2CC(C(=O)O)C2)cc1. The molecule has 2 aromatic rings. The van der Waals surface area contributed by atoms with Crippen LogP contribution in [0.15, 0.2) is 42.5 Å². The topological polar surface area (TPSA) is 119 Å². The van der Waals surface area contributed by atoms with Gasteiger partial charge in [-0.3, -0.25) is 19.8 Å². The fraction of sp³-hybridized carbons (Fsp3) is 0.300. The van der Waals surface area contributed by atoms with E-state index in [2.05, 4.69) is 0 Å². The molecule has 9 heteroatoms. The predicted molar refractivity (Wildman–Crippen MR) is 102 cm³/mol. The first-order valence-corrected chi connectivity index (χ1v) is 8.90. The van der Waals surface area contributed by atoms with Crippen LogP contribution >= 0.6 is 0 Å². The maximum atomic E-state index is 11.9. The molecule has 0 saturated carbocycles. The number of carboxylic acid groups (broad SMARTS) is 1. The zero-order valence-corrected chi connectivity index (χ0v) is 15.7. The molecule has 1 N–H and O–H groups in total. The Labute approximate surface area is 166 Å². The summed E-state index contributed by atoms with van der Waals surface area (Å²) in [5.74, 6) is -1.25. The predicted octanol–water partition coefficient (Wildman–Crippen LogP) is 2.48. The van der Waals surface area contributed by atoms with E-state index in [0.717, 1.165) is 5.56 Å². The van der Waals surface area contributed by atoms with Crippen LogP contribution in [-0.2, 0) is 22.7 Å². The van der Waals surface area contributed by atoms with Crippen molar-refractivity contribution in [3.8, 4) is 5.75 Å². The highest BCUT2D eigenvalue weighted by atomic mass is 16.6. The average Bonchev–Trinajstić information content (AvgIpc) is 2.68. The van der Waals surface area contributed by atoms with Crippen LogP contribution in [0.25, 0.3) is 0 Å². The van der Waals surface area contributed by atoms with Crippen LogP contribution in [0.4, 0.5) is 5.69 Å². The molecule has 29 heavy (non-hydrogen) atoms. The van der Waals surface area contributed by atoms with Crippen molar-refractivity contribution in [2.45, 2.75) is 13.2 Å². The van der Waals surface area contributed by atoms with E-state index in [0.29, 0.717) is 25.4 Å². The second-order valence-electron chi connectivity index (χ2n) is 6.71. The maximum Gasteiger partial charge on any atom is 0.338 e. The molecule has 0 amide bonds. The van der Waals surface area contributed by atoms with E-state index in [-0.39, 0.29) is 29.3 Å². The molecule has 1 heterocycles. The Bertz CT molecular complexity index is 921. The van der Waals surface area contributed by atoms with Gasteiger partial charge in [0.1, 0.15) is 12.4 Å². The molecule has 9 nitrogen and oxygen atoms in total. The highest BCUT2D eigenvalue weighted by Crippen LogP contribution is 2.26. The third-order valence-corrected chi connectivity index (χ3v) is 4.77. The largest absolute Gasteiger partial charge is 0.489 e.